The van der Waals surface area contributed by atoms with Gasteiger partial charge in [-0.2, -0.15) is 16.8 Å². The maximum absolute atomic E-state index is 11.3. The number of ether oxygens (including phenoxy) is 4. The van der Waals surface area contributed by atoms with Crippen molar-refractivity contribution in [2.45, 2.75) is 24.4 Å². The van der Waals surface area contributed by atoms with E-state index in [1.54, 1.807) is 0 Å². The topological polar surface area (TPSA) is 124 Å². The van der Waals surface area contributed by atoms with Gasteiger partial charge in [0, 0.05) is 0 Å². The Balaban J connectivity index is 2.16. The molecule has 10 nitrogen and oxygen atoms in total. The van der Waals surface area contributed by atoms with Crippen molar-refractivity contribution in [3.63, 3.8) is 0 Å². The third kappa shape index (κ3) is 5.38. The van der Waals surface area contributed by atoms with E-state index >= 15 is 0 Å². The number of rotatable bonds is 5. The molecule has 4 atom stereocenters. The maximum atomic E-state index is 11.3. The van der Waals surface area contributed by atoms with E-state index in [0.717, 1.165) is 12.5 Å². The van der Waals surface area contributed by atoms with E-state index in [1.165, 1.54) is 0 Å². The summed E-state index contributed by atoms with van der Waals surface area (Å²) in [5, 5.41) is 0. The highest BCUT2D eigenvalue weighted by molar-refractivity contribution is 7.86. The van der Waals surface area contributed by atoms with E-state index in [1.807, 2.05) is 0 Å². The molecule has 0 spiro atoms. The van der Waals surface area contributed by atoms with E-state index in [9.17, 15) is 16.8 Å². The SMILES string of the molecule is CS(=O)(=O)O[C@@H]1COCO[C@@H]1[C@H]1OCOC[C@H]1OS(C)(=O)=O. The maximum Gasteiger partial charge on any atom is 0.264 e. The molecule has 12 heteroatoms. The molecule has 22 heavy (non-hydrogen) atoms. The van der Waals surface area contributed by atoms with Crippen molar-refractivity contribution in [2.24, 2.45) is 0 Å². The second kappa shape index (κ2) is 7.05. The molecule has 2 aliphatic heterocycles. The van der Waals surface area contributed by atoms with Crippen LogP contribution in [0, 0.1) is 0 Å². The van der Waals surface area contributed by atoms with Gasteiger partial charge in [0.2, 0.25) is 0 Å². The van der Waals surface area contributed by atoms with Crippen LogP contribution in [0.2, 0.25) is 0 Å². The van der Waals surface area contributed by atoms with Crippen LogP contribution in [-0.4, -0.2) is 80.6 Å². The molecule has 0 amide bonds. The molecule has 0 unspecified atom stereocenters. The molecule has 0 bridgehead atoms. The first kappa shape index (κ1) is 18.0. The Hall–Kier alpha value is -0.340. The molecule has 130 valence electrons. The lowest BCUT2D eigenvalue weighted by Gasteiger charge is -2.40. The molecule has 2 aliphatic rings. The first-order valence-electron chi connectivity index (χ1n) is 6.31. The van der Waals surface area contributed by atoms with Gasteiger partial charge in [0.1, 0.15) is 38.0 Å². The van der Waals surface area contributed by atoms with Gasteiger partial charge < -0.3 is 18.9 Å². The van der Waals surface area contributed by atoms with Crippen LogP contribution in [0.4, 0.5) is 0 Å². The Labute approximate surface area is 128 Å². The standard InChI is InChI=1S/C10H18O10S2/c1-21(11,12)19-7-3-15-5-17-9(7)10-8(4-16-6-18-10)20-22(2,13)14/h7-10H,3-6H2,1-2H3/t7-,8-,9+,10+/m1/s1. The first-order valence-corrected chi connectivity index (χ1v) is 9.94. The Morgan fingerprint density at radius 2 is 1.14 bits per heavy atom. The summed E-state index contributed by atoms with van der Waals surface area (Å²) in [7, 11) is -7.51. The van der Waals surface area contributed by atoms with Crippen molar-refractivity contribution in [1.82, 2.24) is 0 Å². The number of hydrogen-bond donors (Lipinski definition) is 0. The van der Waals surface area contributed by atoms with Gasteiger partial charge in [-0.1, -0.05) is 0 Å². The van der Waals surface area contributed by atoms with Crippen LogP contribution in [0.1, 0.15) is 0 Å². The Morgan fingerprint density at radius 3 is 1.45 bits per heavy atom. The average Bonchev–Trinajstić information content (AvgIpc) is 2.36. The predicted molar refractivity (Wildman–Crippen MR) is 70.8 cm³/mol. The van der Waals surface area contributed by atoms with Crippen molar-refractivity contribution >= 4 is 20.2 Å². The molecule has 2 fully saturated rings. The molecule has 0 saturated carbocycles. The summed E-state index contributed by atoms with van der Waals surface area (Å²) in [6.07, 6.45) is -1.91. The van der Waals surface area contributed by atoms with E-state index < -0.39 is 44.7 Å². The molecule has 0 aromatic rings. The van der Waals surface area contributed by atoms with Crippen molar-refractivity contribution in [2.75, 3.05) is 39.3 Å². The fraction of sp³-hybridized carbons (Fsp3) is 1.00. The normalized spacial score (nSPS) is 34.5. The summed E-state index contributed by atoms with van der Waals surface area (Å²) in [4.78, 5) is 0. The highest BCUT2D eigenvalue weighted by Crippen LogP contribution is 2.25. The average molecular weight is 362 g/mol. The van der Waals surface area contributed by atoms with E-state index in [4.69, 9.17) is 27.3 Å². The molecule has 0 aromatic carbocycles. The van der Waals surface area contributed by atoms with Gasteiger partial charge in [0.15, 0.2) is 0 Å². The van der Waals surface area contributed by atoms with Crippen LogP contribution in [-0.2, 0) is 47.5 Å². The minimum Gasteiger partial charge on any atom is -0.353 e. The van der Waals surface area contributed by atoms with Crippen molar-refractivity contribution in [1.29, 1.82) is 0 Å². The van der Waals surface area contributed by atoms with Crippen LogP contribution < -0.4 is 0 Å². The predicted octanol–water partition coefficient (Wildman–Crippen LogP) is -1.58. The van der Waals surface area contributed by atoms with Crippen molar-refractivity contribution in [3.8, 4) is 0 Å². The molecule has 2 heterocycles. The second-order valence-electron chi connectivity index (χ2n) is 4.92. The van der Waals surface area contributed by atoms with Crippen molar-refractivity contribution in [3.05, 3.63) is 0 Å². The molecular weight excluding hydrogens is 344 g/mol. The van der Waals surface area contributed by atoms with E-state index in [0.29, 0.717) is 0 Å². The van der Waals surface area contributed by atoms with Gasteiger partial charge in [-0.3, -0.25) is 8.37 Å². The lowest BCUT2D eigenvalue weighted by molar-refractivity contribution is -0.269. The van der Waals surface area contributed by atoms with Gasteiger partial charge in [0.25, 0.3) is 20.2 Å². The molecular formula is C10H18O10S2. The fourth-order valence-electron chi connectivity index (χ4n) is 2.21. The summed E-state index contributed by atoms with van der Waals surface area (Å²) in [5.74, 6) is 0. The smallest absolute Gasteiger partial charge is 0.264 e. The Kier molecular flexibility index (Phi) is 5.77. The summed E-state index contributed by atoms with van der Waals surface area (Å²) in [6, 6.07) is 0. The zero-order valence-corrected chi connectivity index (χ0v) is 13.7. The van der Waals surface area contributed by atoms with Crippen LogP contribution in [0.25, 0.3) is 0 Å². The zero-order valence-electron chi connectivity index (χ0n) is 12.0. The lowest BCUT2D eigenvalue weighted by atomic mass is 10.0. The molecule has 0 radical (unpaired) electrons. The first-order chi connectivity index (χ1) is 10.2. The van der Waals surface area contributed by atoms with Crippen LogP contribution in [0.3, 0.4) is 0 Å². The largest absolute Gasteiger partial charge is 0.353 e. The summed E-state index contributed by atoms with van der Waals surface area (Å²) < 4.78 is 75.8. The van der Waals surface area contributed by atoms with Crippen LogP contribution in [0.5, 0.6) is 0 Å². The summed E-state index contributed by atoms with van der Waals surface area (Å²) in [5.41, 5.74) is 0. The zero-order chi connectivity index (χ0) is 16.4. The highest BCUT2D eigenvalue weighted by atomic mass is 32.2. The summed E-state index contributed by atoms with van der Waals surface area (Å²) >= 11 is 0. The lowest BCUT2D eigenvalue weighted by Crippen LogP contribution is -2.57. The number of hydrogen-bond acceptors (Lipinski definition) is 10. The fourth-order valence-corrected chi connectivity index (χ4v) is 3.44. The van der Waals surface area contributed by atoms with Gasteiger partial charge >= 0.3 is 0 Å². The van der Waals surface area contributed by atoms with Crippen LogP contribution >= 0.6 is 0 Å². The molecule has 0 N–H and O–H groups in total. The second-order valence-corrected chi connectivity index (χ2v) is 8.12. The minimum absolute atomic E-state index is 0.0376. The highest BCUT2D eigenvalue weighted by Gasteiger charge is 2.44. The molecule has 0 aromatic heterocycles. The van der Waals surface area contributed by atoms with Gasteiger partial charge in [-0.05, 0) is 0 Å². The monoisotopic (exact) mass is 362 g/mol. The van der Waals surface area contributed by atoms with Crippen molar-refractivity contribution < 1.29 is 44.1 Å². The Bertz CT molecular complexity index is 519. The Morgan fingerprint density at radius 1 is 0.773 bits per heavy atom. The van der Waals surface area contributed by atoms with Gasteiger partial charge in [-0.15, -0.1) is 0 Å². The quantitative estimate of drug-likeness (QED) is 0.529. The summed E-state index contributed by atoms with van der Waals surface area (Å²) in [6.45, 7) is -0.269. The minimum atomic E-state index is -3.75. The molecule has 2 rings (SSSR count). The third-order valence-electron chi connectivity index (χ3n) is 2.91. The van der Waals surface area contributed by atoms with E-state index in [2.05, 4.69) is 0 Å². The van der Waals surface area contributed by atoms with Gasteiger partial charge in [0.05, 0.1) is 25.7 Å². The van der Waals surface area contributed by atoms with Gasteiger partial charge in [-0.25, -0.2) is 0 Å². The molecule has 2 saturated heterocycles. The van der Waals surface area contributed by atoms with Crippen LogP contribution in [0.15, 0.2) is 0 Å². The third-order valence-corrected chi connectivity index (χ3v) is 4.10. The van der Waals surface area contributed by atoms with E-state index in [-0.39, 0.29) is 26.8 Å². The molecule has 0 aliphatic carbocycles.